The molecule has 0 aliphatic heterocycles. The van der Waals surface area contributed by atoms with Crippen molar-refractivity contribution in [3.8, 4) is 0 Å². The zero-order chi connectivity index (χ0) is 12.3. The van der Waals surface area contributed by atoms with Crippen molar-refractivity contribution in [3.63, 3.8) is 0 Å². The smallest absolute Gasteiger partial charge is 0.101 e. The Labute approximate surface area is 106 Å². The van der Waals surface area contributed by atoms with Gasteiger partial charge in [-0.25, -0.2) is 4.98 Å². The number of hydrogen-bond donors (Lipinski definition) is 1. The van der Waals surface area contributed by atoms with E-state index in [0.29, 0.717) is 12.3 Å². The standard InChI is InChI=1S/C14H17NOS/c1-10(2)12-5-3-11(4-6-12)7-14(16)13-8-17-9-15-13/h3-6,8-10,14,16H,7H2,1-2H3. The lowest BCUT2D eigenvalue weighted by molar-refractivity contribution is 0.174. The second-order valence-corrected chi connectivity index (χ2v) is 5.25. The minimum atomic E-state index is -0.494. The van der Waals surface area contributed by atoms with E-state index in [1.54, 1.807) is 5.51 Å². The molecule has 17 heavy (non-hydrogen) atoms. The fraction of sp³-hybridized carbons (Fsp3) is 0.357. The summed E-state index contributed by atoms with van der Waals surface area (Å²) in [6, 6.07) is 8.44. The van der Waals surface area contributed by atoms with Gasteiger partial charge in [-0.05, 0) is 17.0 Å². The highest BCUT2D eigenvalue weighted by Gasteiger charge is 2.10. The summed E-state index contributed by atoms with van der Waals surface area (Å²) < 4.78 is 0. The highest BCUT2D eigenvalue weighted by atomic mass is 32.1. The summed E-state index contributed by atoms with van der Waals surface area (Å²) >= 11 is 1.51. The second kappa shape index (κ2) is 5.43. The monoisotopic (exact) mass is 247 g/mol. The zero-order valence-electron chi connectivity index (χ0n) is 10.1. The van der Waals surface area contributed by atoms with Crippen molar-refractivity contribution < 1.29 is 5.11 Å². The Morgan fingerprint density at radius 3 is 2.47 bits per heavy atom. The van der Waals surface area contributed by atoms with Crippen LogP contribution in [0.5, 0.6) is 0 Å². The summed E-state index contributed by atoms with van der Waals surface area (Å²) in [7, 11) is 0. The molecule has 0 spiro atoms. The first-order valence-electron chi connectivity index (χ1n) is 5.82. The second-order valence-electron chi connectivity index (χ2n) is 4.53. The molecule has 0 bridgehead atoms. The van der Waals surface area contributed by atoms with Crippen LogP contribution < -0.4 is 0 Å². The van der Waals surface area contributed by atoms with Crippen molar-refractivity contribution in [1.82, 2.24) is 4.98 Å². The van der Waals surface area contributed by atoms with Crippen molar-refractivity contribution in [2.75, 3.05) is 0 Å². The van der Waals surface area contributed by atoms with E-state index in [2.05, 4.69) is 43.1 Å². The van der Waals surface area contributed by atoms with E-state index in [0.717, 1.165) is 11.3 Å². The van der Waals surface area contributed by atoms with Crippen molar-refractivity contribution in [2.24, 2.45) is 0 Å². The van der Waals surface area contributed by atoms with Gasteiger partial charge in [-0.1, -0.05) is 38.1 Å². The van der Waals surface area contributed by atoms with Crippen molar-refractivity contribution >= 4 is 11.3 Å². The zero-order valence-corrected chi connectivity index (χ0v) is 10.9. The van der Waals surface area contributed by atoms with Crippen LogP contribution in [0.1, 0.15) is 42.7 Å². The van der Waals surface area contributed by atoms with Gasteiger partial charge in [0, 0.05) is 11.8 Å². The Morgan fingerprint density at radius 1 is 1.24 bits per heavy atom. The van der Waals surface area contributed by atoms with Gasteiger partial charge < -0.3 is 5.11 Å². The topological polar surface area (TPSA) is 33.1 Å². The molecule has 1 atom stereocenters. The van der Waals surface area contributed by atoms with Crippen molar-refractivity contribution in [1.29, 1.82) is 0 Å². The number of thiazole rings is 1. The van der Waals surface area contributed by atoms with Crippen LogP contribution in [-0.4, -0.2) is 10.1 Å². The maximum Gasteiger partial charge on any atom is 0.101 e. The molecule has 2 rings (SSSR count). The van der Waals surface area contributed by atoms with Gasteiger partial charge in [0.2, 0.25) is 0 Å². The molecule has 1 aromatic carbocycles. The molecular weight excluding hydrogens is 230 g/mol. The molecule has 1 unspecified atom stereocenters. The average molecular weight is 247 g/mol. The molecule has 1 aromatic heterocycles. The summed E-state index contributed by atoms with van der Waals surface area (Å²) in [4.78, 5) is 4.13. The molecule has 2 nitrogen and oxygen atoms in total. The van der Waals surface area contributed by atoms with E-state index in [-0.39, 0.29) is 0 Å². The van der Waals surface area contributed by atoms with E-state index < -0.39 is 6.10 Å². The maximum absolute atomic E-state index is 9.99. The normalized spacial score (nSPS) is 12.9. The third-order valence-corrected chi connectivity index (χ3v) is 3.47. The molecule has 0 fully saturated rings. The Bertz CT molecular complexity index is 448. The summed E-state index contributed by atoms with van der Waals surface area (Å²) in [5, 5.41) is 11.9. The van der Waals surface area contributed by atoms with E-state index in [9.17, 15) is 5.11 Å². The number of rotatable bonds is 4. The summed E-state index contributed by atoms with van der Waals surface area (Å²) in [5.74, 6) is 0.549. The van der Waals surface area contributed by atoms with Crippen LogP contribution in [0.2, 0.25) is 0 Å². The van der Waals surface area contributed by atoms with Gasteiger partial charge in [0.05, 0.1) is 11.2 Å². The fourth-order valence-electron chi connectivity index (χ4n) is 1.75. The molecule has 90 valence electrons. The highest BCUT2D eigenvalue weighted by molar-refractivity contribution is 7.07. The van der Waals surface area contributed by atoms with E-state index in [4.69, 9.17) is 0 Å². The van der Waals surface area contributed by atoms with Gasteiger partial charge in [0.1, 0.15) is 6.10 Å². The minimum absolute atomic E-state index is 0.494. The Balaban J connectivity index is 2.04. The molecule has 3 heteroatoms. The van der Waals surface area contributed by atoms with Crippen molar-refractivity contribution in [2.45, 2.75) is 32.3 Å². The van der Waals surface area contributed by atoms with Gasteiger partial charge in [0.25, 0.3) is 0 Å². The Hall–Kier alpha value is -1.19. The third-order valence-electron chi connectivity index (χ3n) is 2.87. The average Bonchev–Trinajstić information content (AvgIpc) is 2.83. The summed E-state index contributed by atoms with van der Waals surface area (Å²) in [6.45, 7) is 4.36. The number of hydrogen-bond acceptors (Lipinski definition) is 3. The third kappa shape index (κ3) is 3.14. The van der Waals surface area contributed by atoms with Gasteiger partial charge in [-0.3, -0.25) is 0 Å². The number of nitrogens with zero attached hydrogens (tertiary/aromatic N) is 1. The number of aromatic nitrogens is 1. The Morgan fingerprint density at radius 2 is 1.94 bits per heavy atom. The van der Waals surface area contributed by atoms with E-state index in [1.165, 1.54) is 16.9 Å². The largest absolute Gasteiger partial charge is 0.386 e. The lowest BCUT2D eigenvalue weighted by atomic mass is 9.99. The number of aliphatic hydroxyl groups is 1. The van der Waals surface area contributed by atoms with E-state index in [1.807, 2.05) is 5.38 Å². The fourth-order valence-corrected chi connectivity index (χ4v) is 2.35. The SMILES string of the molecule is CC(C)c1ccc(CC(O)c2cscn2)cc1. The van der Waals surface area contributed by atoms with Gasteiger partial charge >= 0.3 is 0 Å². The maximum atomic E-state index is 9.99. The van der Waals surface area contributed by atoms with Crippen LogP contribution >= 0.6 is 11.3 Å². The lowest BCUT2D eigenvalue weighted by Crippen LogP contribution is -2.02. The first-order valence-corrected chi connectivity index (χ1v) is 6.76. The molecule has 1 heterocycles. The van der Waals surface area contributed by atoms with Crippen LogP contribution in [0, 0.1) is 0 Å². The number of benzene rings is 1. The summed E-state index contributed by atoms with van der Waals surface area (Å²) in [5.41, 5.74) is 5.00. The van der Waals surface area contributed by atoms with Crippen LogP contribution in [0.25, 0.3) is 0 Å². The Kier molecular flexibility index (Phi) is 3.92. The van der Waals surface area contributed by atoms with Gasteiger partial charge in [-0.15, -0.1) is 11.3 Å². The quantitative estimate of drug-likeness (QED) is 0.896. The highest BCUT2D eigenvalue weighted by Crippen LogP contribution is 2.20. The minimum Gasteiger partial charge on any atom is -0.386 e. The van der Waals surface area contributed by atoms with Gasteiger partial charge in [-0.2, -0.15) is 0 Å². The van der Waals surface area contributed by atoms with Crippen LogP contribution in [0.4, 0.5) is 0 Å². The predicted octanol–water partition coefficient (Wildman–Crippen LogP) is 3.54. The molecule has 2 aromatic rings. The molecule has 1 N–H and O–H groups in total. The number of aliphatic hydroxyl groups excluding tert-OH is 1. The van der Waals surface area contributed by atoms with Crippen LogP contribution in [-0.2, 0) is 6.42 Å². The van der Waals surface area contributed by atoms with Crippen molar-refractivity contribution in [3.05, 3.63) is 52.0 Å². The summed E-state index contributed by atoms with van der Waals surface area (Å²) in [6.07, 6.45) is 0.133. The predicted molar refractivity (Wildman–Crippen MR) is 71.3 cm³/mol. The molecule has 0 aliphatic rings. The van der Waals surface area contributed by atoms with Crippen LogP contribution in [0.3, 0.4) is 0 Å². The first kappa shape index (κ1) is 12.3. The van der Waals surface area contributed by atoms with Gasteiger partial charge in [0.15, 0.2) is 0 Å². The first-order chi connectivity index (χ1) is 8.16. The molecule has 0 saturated heterocycles. The molecular formula is C14H17NOS. The molecule has 0 radical (unpaired) electrons. The molecule has 0 saturated carbocycles. The lowest BCUT2D eigenvalue weighted by Gasteiger charge is -2.10. The van der Waals surface area contributed by atoms with E-state index >= 15 is 0 Å². The molecule has 0 aliphatic carbocycles. The van der Waals surface area contributed by atoms with Crippen LogP contribution in [0.15, 0.2) is 35.2 Å². The molecule has 0 amide bonds.